The smallest absolute Gasteiger partial charge is 0.263 e. The molecule has 11 heteroatoms. The van der Waals surface area contributed by atoms with E-state index in [9.17, 15) is 14.0 Å². The molecule has 3 aromatic heterocycles. The molecule has 42 heavy (non-hydrogen) atoms. The maximum Gasteiger partial charge on any atom is 0.263 e. The van der Waals surface area contributed by atoms with Crippen LogP contribution in [-0.2, 0) is 5.54 Å². The van der Waals surface area contributed by atoms with Gasteiger partial charge in [0.05, 0.1) is 34.0 Å². The molecule has 0 aliphatic heterocycles. The van der Waals surface area contributed by atoms with E-state index in [0.29, 0.717) is 57.9 Å². The molecule has 0 radical (unpaired) electrons. The van der Waals surface area contributed by atoms with Gasteiger partial charge in [-0.1, -0.05) is 55.8 Å². The van der Waals surface area contributed by atoms with Gasteiger partial charge in [-0.2, -0.15) is 5.26 Å². The summed E-state index contributed by atoms with van der Waals surface area (Å²) >= 11 is 6.76. The van der Waals surface area contributed by atoms with Crippen LogP contribution in [0.4, 0.5) is 20.2 Å². The summed E-state index contributed by atoms with van der Waals surface area (Å²) in [5.41, 5.74) is 2.26. The average molecular weight is 587 g/mol. The van der Waals surface area contributed by atoms with Crippen LogP contribution in [-0.4, -0.2) is 37.9 Å². The molecule has 2 aromatic carbocycles. The van der Waals surface area contributed by atoms with Crippen LogP contribution in [0.15, 0.2) is 61.2 Å². The Morgan fingerprint density at radius 1 is 1.14 bits per heavy atom. The predicted molar refractivity (Wildman–Crippen MR) is 160 cm³/mol. The molecule has 0 spiro atoms. The minimum Gasteiger partial charge on any atom is -0.383 e. The highest BCUT2D eigenvalue weighted by Crippen LogP contribution is 2.48. The number of fused-ring (bicyclic) bond motifs is 2. The van der Waals surface area contributed by atoms with Gasteiger partial charge >= 0.3 is 0 Å². The van der Waals surface area contributed by atoms with Gasteiger partial charge in [0, 0.05) is 41.6 Å². The molecule has 3 heterocycles. The first kappa shape index (κ1) is 27.8. The summed E-state index contributed by atoms with van der Waals surface area (Å²) in [6, 6.07) is 13.1. The fourth-order valence-corrected chi connectivity index (χ4v) is 5.42. The fraction of sp³-hybridized carbons (Fsp3) is 0.323. The Morgan fingerprint density at radius 2 is 1.95 bits per heavy atom. The first-order valence-corrected chi connectivity index (χ1v) is 14.0. The lowest BCUT2D eigenvalue weighted by molar-refractivity contribution is 0.0593. The van der Waals surface area contributed by atoms with Crippen LogP contribution in [0.1, 0.15) is 56.5 Å². The zero-order valence-electron chi connectivity index (χ0n) is 23.4. The minimum atomic E-state index is -2.54. The monoisotopic (exact) mass is 586 g/mol. The van der Waals surface area contributed by atoms with E-state index < -0.39 is 18.0 Å². The second-order valence-electron chi connectivity index (χ2n) is 11.9. The van der Waals surface area contributed by atoms with Crippen molar-refractivity contribution >= 4 is 44.7 Å². The van der Waals surface area contributed by atoms with E-state index in [1.807, 2.05) is 30.3 Å². The Morgan fingerprint density at radius 3 is 2.67 bits per heavy atom. The molecule has 8 nitrogen and oxygen atoms in total. The molecule has 1 saturated carbocycles. The summed E-state index contributed by atoms with van der Waals surface area (Å²) in [5.74, 6) is 0. The Kier molecular flexibility index (Phi) is 6.93. The normalized spacial score (nSPS) is 15.1. The van der Waals surface area contributed by atoms with E-state index in [0.717, 1.165) is 16.3 Å². The number of benzene rings is 2. The summed E-state index contributed by atoms with van der Waals surface area (Å²) in [5, 5.41) is 28.3. The molecule has 1 aliphatic carbocycles. The van der Waals surface area contributed by atoms with Crippen molar-refractivity contribution in [2.45, 2.75) is 51.6 Å². The van der Waals surface area contributed by atoms with Gasteiger partial charge in [0.2, 0.25) is 0 Å². The molecule has 1 atom stereocenters. The van der Waals surface area contributed by atoms with Crippen molar-refractivity contribution in [3.63, 3.8) is 0 Å². The third-order valence-corrected chi connectivity index (χ3v) is 7.90. The lowest BCUT2D eigenvalue weighted by Crippen LogP contribution is -2.26. The number of nitrogens with one attached hydrogen (secondary N) is 2. The Hall–Kier alpha value is -4.36. The first-order valence-electron chi connectivity index (χ1n) is 13.7. The fourth-order valence-electron chi connectivity index (χ4n) is 5.15. The predicted octanol–water partition coefficient (Wildman–Crippen LogP) is 7.31. The van der Waals surface area contributed by atoms with Gasteiger partial charge in [-0.15, -0.1) is 5.10 Å². The van der Waals surface area contributed by atoms with Crippen molar-refractivity contribution in [1.29, 1.82) is 5.26 Å². The van der Waals surface area contributed by atoms with E-state index in [4.69, 9.17) is 11.6 Å². The summed E-state index contributed by atoms with van der Waals surface area (Å²) in [6.45, 7) is 6.93. The van der Waals surface area contributed by atoms with Crippen LogP contribution in [0.5, 0.6) is 0 Å². The SMILES string of the molecule is CC(C)(C)CNc1c(C#N)cnc2c(Cl)cc(N[C@H](c3cn(C4(C(F)F)CC4)nn3)c3cccc4cnccc34)cc12. The average Bonchev–Trinajstić information content (AvgIpc) is 3.64. The molecule has 6 rings (SSSR count). The highest BCUT2D eigenvalue weighted by molar-refractivity contribution is 6.35. The van der Waals surface area contributed by atoms with E-state index in [1.54, 1.807) is 24.7 Å². The topological polar surface area (TPSA) is 104 Å². The minimum absolute atomic E-state index is 0.0424. The molecule has 0 unspecified atom stereocenters. The standard InChI is InChI=1S/C31H29ClF2N8/c1-30(2,3)17-38-26-19(13-35)15-37-27-23(26)11-20(12-24(27)32)39-28(22-6-4-5-18-14-36-10-7-21(18)22)25-16-42(41-40-25)31(8-9-31)29(33)34/h4-7,10-12,14-16,28-29,39H,8-9,17H2,1-3H3,(H,37,38)/t28-/m0/s1. The maximum absolute atomic E-state index is 13.9. The zero-order valence-corrected chi connectivity index (χ0v) is 24.1. The molecule has 2 N–H and O–H groups in total. The van der Waals surface area contributed by atoms with Crippen LogP contribution in [0, 0.1) is 16.7 Å². The second-order valence-corrected chi connectivity index (χ2v) is 12.3. The van der Waals surface area contributed by atoms with Gasteiger partial charge in [0.25, 0.3) is 6.43 Å². The Balaban J connectivity index is 1.48. The van der Waals surface area contributed by atoms with Crippen LogP contribution < -0.4 is 10.6 Å². The maximum atomic E-state index is 13.9. The van der Waals surface area contributed by atoms with Crippen LogP contribution in [0.3, 0.4) is 0 Å². The largest absolute Gasteiger partial charge is 0.383 e. The summed E-state index contributed by atoms with van der Waals surface area (Å²) < 4.78 is 29.1. The van der Waals surface area contributed by atoms with Crippen molar-refractivity contribution in [3.8, 4) is 6.07 Å². The number of hydrogen-bond acceptors (Lipinski definition) is 7. The van der Waals surface area contributed by atoms with Gasteiger partial charge < -0.3 is 10.6 Å². The molecule has 1 aliphatic rings. The number of rotatable bonds is 8. The van der Waals surface area contributed by atoms with Crippen molar-refractivity contribution in [1.82, 2.24) is 25.0 Å². The van der Waals surface area contributed by atoms with Crippen molar-refractivity contribution in [2.75, 3.05) is 17.2 Å². The molecule has 214 valence electrons. The van der Waals surface area contributed by atoms with Gasteiger partial charge in [-0.25, -0.2) is 13.5 Å². The Bertz CT molecular complexity index is 1830. The first-order chi connectivity index (χ1) is 20.1. The van der Waals surface area contributed by atoms with Crippen LogP contribution in [0.25, 0.3) is 21.7 Å². The summed E-state index contributed by atoms with van der Waals surface area (Å²) in [6.07, 6.45) is 4.78. The highest BCUT2D eigenvalue weighted by Gasteiger charge is 2.54. The lowest BCUT2D eigenvalue weighted by Gasteiger charge is -2.23. The number of halogens is 3. The van der Waals surface area contributed by atoms with Gasteiger partial charge in [-0.05, 0) is 47.4 Å². The van der Waals surface area contributed by atoms with E-state index >= 15 is 0 Å². The third-order valence-electron chi connectivity index (χ3n) is 7.61. The number of alkyl halides is 2. The number of nitrogens with zero attached hydrogens (tertiary/aromatic N) is 6. The van der Waals surface area contributed by atoms with Gasteiger partial charge in [0.15, 0.2) is 0 Å². The van der Waals surface area contributed by atoms with E-state index in [-0.39, 0.29) is 5.41 Å². The second kappa shape index (κ2) is 10.5. The number of nitriles is 1. The molecule has 5 aromatic rings. The highest BCUT2D eigenvalue weighted by atomic mass is 35.5. The molecule has 0 bridgehead atoms. The lowest BCUT2D eigenvalue weighted by atomic mass is 9.96. The summed E-state index contributed by atoms with van der Waals surface area (Å²) in [7, 11) is 0. The number of anilines is 2. The molecule has 0 saturated heterocycles. The van der Waals surface area contributed by atoms with Crippen molar-refractivity contribution in [2.24, 2.45) is 5.41 Å². The van der Waals surface area contributed by atoms with E-state index in [2.05, 4.69) is 57.8 Å². The zero-order chi connectivity index (χ0) is 29.6. The van der Waals surface area contributed by atoms with Crippen LogP contribution in [0.2, 0.25) is 5.02 Å². The van der Waals surface area contributed by atoms with Gasteiger partial charge in [0.1, 0.15) is 17.3 Å². The van der Waals surface area contributed by atoms with Gasteiger partial charge in [-0.3, -0.25) is 9.97 Å². The number of pyridine rings is 2. The van der Waals surface area contributed by atoms with E-state index in [1.165, 1.54) is 10.9 Å². The summed E-state index contributed by atoms with van der Waals surface area (Å²) in [4.78, 5) is 8.71. The third kappa shape index (κ3) is 5.09. The quantitative estimate of drug-likeness (QED) is 0.196. The van der Waals surface area contributed by atoms with Crippen LogP contribution >= 0.6 is 11.6 Å². The number of aromatic nitrogens is 5. The molecule has 1 fully saturated rings. The molecule has 0 amide bonds. The van der Waals surface area contributed by atoms with Crippen molar-refractivity contribution < 1.29 is 8.78 Å². The number of hydrogen-bond donors (Lipinski definition) is 2. The Labute approximate surface area is 246 Å². The van der Waals surface area contributed by atoms with Crippen molar-refractivity contribution in [3.05, 3.63) is 83.0 Å². The molecular weight excluding hydrogens is 558 g/mol. The molecular formula is C31H29ClF2N8.